The highest BCUT2D eigenvalue weighted by molar-refractivity contribution is 5.81. The van der Waals surface area contributed by atoms with Gasteiger partial charge in [-0.3, -0.25) is 0 Å². The molecule has 136 valence electrons. The first-order chi connectivity index (χ1) is 13.2. The van der Waals surface area contributed by atoms with Gasteiger partial charge < -0.3 is 0 Å². The summed E-state index contributed by atoms with van der Waals surface area (Å²) in [5.74, 6) is 0. The van der Waals surface area contributed by atoms with E-state index in [9.17, 15) is 0 Å². The third-order valence-electron chi connectivity index (χ3n) is 4.67. The van der Waals surface area contributed by atoms with Crippen molar-refractivity contribution >= 4 is 11.1 Å². The Morgan fingerprint density at radius 2 is 1.67 bits per heavy atom. The third-order valence-corrected chi connectivity index (χ3v) is 4.67. The van der Waals surface area contributed by atoms with Gasteiger partial charge in [-0.2, -0.15) is 0 Å². The first-order valence-corrected chi connectivity index (χ1v) is 9.62. The van der Waals surface area contributed by atoms with E-state index in [0.717, 1.165) is 29.8 Å². The van der Waals surface area contributed by atoms with Crippen molar-refractivity contribution in [2.75, 3.05) is 0 Å². The predicted octanol–water partition coefficient (Wildman–Crippen LogP) is 7.33. The van der Waals surface area contributed by atoms with E-state index in [1.54, 1.807) is 0 Å². The summed E-state index contributed by atoms with van der Waals surface area (Å²) in [5, 5.41) is 0. The number of hydrogen-bond donors (Lipinski definition) is 0. The molecule has 0 unspecified atom stereocenters. The van der Waals surface area contributed by atoms with Crippen LogP contribution < -0.4 is 0 Å². The van der Waals surface area contributed by atoms with E-state index < -0.39 is 0 Å². The summed E-state index contributed by atoms with van der Waals surface area (Å²) in [5.41, 5.74) is 8.04. The second-order valence-electron chi connectivity index (χ2n) is 6.74. The molecule has 0 amide bonds. The van der Waals surface area contributed by atoms with E-state index in [2.05, 4.69) is 106 Å². The summed E-state index contributed by atoms with van der Waals surface area (Å²) in [7, 11) is 0. The maximum absolute atomic E-state index is 5.01. The van der Waals surface area contributed by atoms with Crippen LogP contribution in [0.5, 0.6) is 0 Å². The molecule has 0 atom stereocenters. The molecular weight excluding hydrogens is 326 g/mol. The standard InChI is InChI=1S/C26H27N/c1-4-11-21(5-2)24-18-25(22-12-9-7-6-8-10-13-22)27-26(19-24)23-16-14-20(3)15-17-23/h4-7,10-19H,8-9H2,1-3H3/b7-6?,11-4-,13-10-,21-5+,22-12+. The van der Waals surface area contributed by atoms with Crippen LogP contribution in [0.2, 0.25) is 0 Å². The molecule has 1 heterocycles. The van der Waals surface area contributed by atoms with Crippen LogP contribution in [0.4, 0.5) is 0 Å². The van der Waals surface area contributed by atoms with Gasteiger partial charge in [0.1, 0.15) is 0 Å². The molecule has 0 spiro atoms. The summed E-state index contributed by atoms with van der Waals surface area (Å²) in [6.07, 6.45) is 19.4. The van der Waals surface area contributed by atoms with Crippen LogP contribution in [-0.2, 0) is 0 Å². The van der Waals surface area contributed by atoms with Gasteiger partial charge in [-0.15, -0.1) is 0 Å². The quantitative estimate of drug-likeness (QED) is 0.414. The van der Waals surface area contributed by atoms with Crippen LogP contribution in [0, 0.1) is 6.92 Å². The Labute approximate surface area is 163 Å². The van der Waals surface area contributed by atoms with Gasteiger partial charge in [-0.1, -0.05) is 78.4 Å². The van der Waals surface area contributed by atoms with Crippen molar-refractivity contribution in [2.24, 2.45) is 0 Å². The summed E-state index contributed by atoms with van der Waals surface area (Å²) in [6, 6.07) is 13.0. The minimum absolute atomic E-state index is 0.941. The number of nitrogens with zero attached hydrogens (tertiary/aromatic N) is 1. The number of allylic oxidation sites excluding steroid dienone is 10. The zero-order valence-corrected chi connectivity index (χ0v) is 16.4. The lowest BCUT2D eigenvalue weighted by molar-refractivity contribution is 1.24. The summed E-state index contributed by atoms with van der Waals surface area (Å²) >= 11 is 0. The topological polar surface area (TPSA) is 12.9 Å². The van der Waals surface area contributed by atoms with Gasteiger partial charge in [0.2, 0.25) is 0 Å². The number of aromatic nitrogens is 1. The molecular formula is C26H27N. The fourth-order valence-electron chi connectivity index (χ4n) is 3.18. The molecule has 3 rings (SSSR count). The summed E-state index contributed by atoms with van der Waals surface area (Å²) in [4.78, 5) is 5.01. The van der Waals surface area contributed by atoms with Crippen LogP contribution in [0.15, 0.2) is 85.0 Å². The maximum Gasteiger partial charge on any atom is 0.0715 e. The van der Waals surface area contributed by atoms with Crippen molar-refractivity contribution in [1.29, 1.82) is 0 Å². The summed E-state index contributed by atoms with van der Waals surface area (Å²) in [6.45, 7) is 6.25. The van der Waals surface area contributed by atoms with E-state index in [4.69, 9.17) is 4.98 Å². The largest absolute Gasteiger partial charge is 0.248 e. The summed E-state index contributed by atoms with van der Waals surface area (Å²) < 4.78 is 0. The Hall–Kier alpha value is -2.93. The van der Waals surface area contributed by atoms with Crippen molar-refractivity contribution in [1.82, 2.24) is 4.98 Å². The highest BCUT2D eigenvalue weighted by Gasteiger charge is 2.10. The SMILES string of the molecule is C/C=C\C(=C/C)c1cc(C2=C/CC=CC/C=C\2)nc(-c2ccc(C)cc2)c1. The maximum atomic E-state index is 5.01. The second-order valence-corrected chi connectivity index (χ2v) is 6.74. The Balaban J connectivity index is 2.16. The van der Waals surface area contributed by atoms with E-state index in [0.29, 0.717) is 0 Å². The monoisotopic (exact) mass is 353 g/mol. The van der Waals surface area contributed by atoms with E-state index >= 15 is 0 Å². The first-order valence-electron chi connectivity index (χ1n) is 9.62. The lowest BCUT2D eigenvalue weighted by Crippen LogP contribution is -1.95. The van der Waals surface area contributed by atoms with Crippen LogP contribution in [-0.4, -0.2) is 4.98 Å². The van der Waals surface area contributed by atoms with Gasteiger partial charge in [0.15, 0.2) is 0 Å². The number of hydrogen-bond acceptors (Lipinski definition) is 1. The highest BCUT2D eigenvalue weighted by atomic mass is 14.7. The zero-order valence-electron chi connectivity index (χ0n) is 16.4. The fraction of sp³-hybridized carbons (Fsp3) is 0.192. The van der Waals surface area contributed by atoms with E-state index in [1.165, 1.54) is 22.3 Å². The number of benzene rings is 1. The number of pyridine rings is 1. The minimum Gasteiger partial charge on any atom is -0.248 e. The smallest absolute Gasteiger partial charge is 0.0715 e. The molecule has 1 nitrogen and oxygen atoms in total. The molecule has 27 heavy (non-hydrogen) atoms. The molecule has 0 saturated carbocycles. The van der Waals surface area contributed by atoms with Crippen LogP contribution >= 0.6 is 0 Å². The molecule has 0 saturated heterocycles. The Morgan fingerprint density at radius 1 is 0.926 bits per heavy atom. The van der Waals surface area contributed by atoms with Crippen LogP contribution in [0.1, 0.15) is 43.5 Å². The second kappa shape index (κ2) is 9.14. The van der Waals surface area contributed by atoms with Crippen molar-refractivity contribution in [3.63, 3.8) is 0 Å². The first kappa shape index (κ1) is 18.8. The average Bonchev–Trinajstić information content (AvgIpc) is 2.66. The van der Waals surface area contributed by atoms with Gasteiger partial charge in [0.05, 0.1) is 11.4 Å². The molecule has 1 aromatic carbocycles. The minimum atomic E-state index is 0.941. The van der Waals surface area contributed by atoms with Crippen molar-refractivity contribution < 1.29 is 0 Å². The fourth-order valence-corrected chi connectivity index (χ4v) is 3.18. The Bertz CT molecular complexity index is 935. The predicted molar refractivity (Wildman–Crippen MR) is 118 cm³/mol. The van der Waals surface area contributed by atoms with Crippen molar-refractivity contribution in [3.05, 3.63) is 102 Å². The van der Waals surface area contributed by atoms with E-state index in [1.807, 2.05) is 0 Å². The number of rotatable bonds is 4. The van der Waals surface area contributed by atoms with Crippen molar-refractivity contribution in [3.8, 4) is 11.3 Å². The zero-order chi connectivity index (χ0) is 19.1. The van der Waals surface area contributed by atoms with Gasteiger partial charge >= 0.3 is 0 Å². The normalized spacial score (nSPS) is 18.0. The third kappa shape index (κ3) is 4.83. The molecule has 0 N–H and O–H groups in total. The molecule has 0 aliphatic heterocycles. The lowest BCUT2D eigenvalue weighted by atomic mass is 9.98. The molecule has 1 aliphatic carbocycles. The molecule has 1 aliphatic rings. The van der Waals surface area contributed by atoms with Crippen LogP contribution in [0.25, 0.3) is 22.4 Å². The van der Waals surface area contributed by atoms with Crippen molar-refractivity contribution in [2.45, 2.75) is 33.6 Å². The molecule has 1 aromatic heterocycles. The van der Waals surface area contributed by atoms with Gasteiger partial charge in [-0.25, -0.2) is 4.98 Å². The molecule has 0 radical (unpaired) electrons. The van der Waals surface area contributed by atoms with Gasteiger partial charge in [0.25, 0.3) is 0 Å². The van der Waals surface area contributed by atoms with Gasteiger partial charge in [0, 0.05) is 5.56 Å². The van der Waals surface area contributed by atoms with Gasteiger partial charge in [-0.05, 0) is 62.5 Å². The molecule has 0 fully saturated rings. The molecule has 1 heteroatoms. The Kier molecular flexibility index (Phi) is 6.38. The number of aryl methyl sites for hydroxylation is 1. The molecule has 2 aromatic rings. The Morgan fingerprint density at radius 3 is 2.41 bits per heavy atom. The molecule has 0 bridgehead atoms. The average molecular weight is 354 g/mol. The highest BCUT2D eigenvalue weighted by Crippen LogP contribution is 2.28. The van der Waals surface area contributed by atoms with E-state index in [-0.39, 0.29) is 0 Å². The lowest BCUT2D eigenvalue weighted by Gasteiger charge is -2.12. The van der Waals surface area contributed by atoms with Crippen LogP contribution in [0.3, 0.4) is 0 Å².